The average Bonchev–Trinajstić information content (AvgIpc) is 3.14. The maximum absolute atomic E-state index is 10.6. The second-order valence-corrected chi connectivity index (χ2v) is 6.43. The van der Waals surface area contributed by atoms with Crippen LogP contribution in [0.3, 0.4) is 0 Å². The molecule has 3 nitrogen and oxygen atoms in total. The third kappa shape index (κ3) is 2.75. The summed E-state index contributed by atoms with van der Waals surface area (Å²) in [5.74, 6) is 1.59. The van der Waals surface area contributed by atoms with Crippen molar-refractivity contribution < 1.29 is 9.53 Å². The summed E-state index contributed by atoms with van der Waals surface area (Å²) in [6.07, 6.45) is 7.22. The Morgan fingerprint density at radius 2 is 2.16 bits per heavy atom. The number of hydrogen-bond acceptors (Lipinski definition) is 3. The molecule has 100 valence electrons. The van der Waals surface area contributed by atoms with Gasteiger partial charge in [0.15, 0.2) is 0 Å². The summed E-state index contributed by atoms with van der Waals surface area (Å²) in [7, 11) is 0. The second-order valence-electron chi connectivity index (χ2n) is 5.52. The number of ether oxygens (including phenoxy) is 1. The minimum absolute atomic E-state index is 0.358. The second kappa shape index (κ2) is 5.10. The van der Waals surface area contributed by atoms with Crippen LogP contribution >= 0.6 is 15.9 Å². The standard InChI is InChI=1S/C15H16BrNO2/c16-13-6-12(15(17-10-18)4-1-5-15)7-14(8-13)19-9-11-2-3-11/h6-8,11H,1-5,9H2. The van der Waals surface area contributed by atoms with Crippen LogP contribution in [-0.2, 0) is 10.3 Å². The molecule has 0 N–H and O–H groups in total. The SMILES string of the molecule is O=C=NC1(c2cc(Br)cc(OCC3CC3)c2)CCC1. The molecule has 0 spiro atoms. The topological polar surface area (TPSA) is 38.7 Å². The van der Waals surface area contributed by atoms with Crippen LogP contribution in [0.2, 0.25) is 0 Å². The summed E-state index contributed by atoms with van der Waals surface area (Å²) in [6, 6.07) is 6.03. The number of halogens is 1. The first-order chi connectivity index (χ1) is 9.22. The lowest BCUT2D eigenvalue weighted by molar-refractivity contribution is 0.252. The molecule has 1 aromatic rings. The average molecular weight is 322 g/mol. The normalized spacial score (nSPS) is 20.3. The predicted octanol–water partition coefficient (Wildman–Crippen LogP) is 3.95. The summed E-state index contributed by atoms with van der Waals surface area (Å²) in [6.45, 7) is 0.792. The van der Waals surface area contributed by atoms with E-state index in [9.17, 15) is 4.79 Å². The van der Waals surface area contributed by atoms with Crippen molar-refractivity contribution in [1.82, 2.24) is 0 Å². The number of hydrogen-bond donors (Lipinski definition) is 0. The first kappa shape index (κ1) is 12.9. The van der Waals surface area contributed by atoms with Gasteiger partial charge in [0.1, 0.15) is 5.75 Å². The monoisotopic (exact) mass is 321 g/mol. The Morgan fingerprint density at radius 3 is 2.74 bits per heavy atom. The summed E-state index contributed by atoms with van der Waals surface area (Å²) in [5.41, 5.74) is 0.700. The molecule has 3 rings (SSSR count). The molecule has 0 aliphatic heterocycles. The Balaban J connectivity index is 1.85. The zero-order valence-corrected chi connectivity index (χ0v) is 12.3. The van der Waals surface area contributed by atoms with Crippen molar-refractivity contribution in [3.63, 3.8) is 0 Å². The molecule has 0 amide bonds. The number of aliphatic imine (C=N–C) groups is 1. The number of benzene rings is 1. The molecule has 2 fully saturated rings. The summed E-state index contributed by atoms with van der Waals surface area (Å²) < 4.78 is 6.80. The van der Waals surface area contributed by atoms with Crippen LogP contribution in [0.25, 0.3) is 0 Å². The molecule has 0 radical (unpaired) electrons. The van der Waals surface area contributed by atoms with Crippen molar-refractivity contribution in [1.29, 1.82) is 0 Å². The molecular weight excluding hydrogens is 306 g/mol. The van der Waals surface area contributed by atoms with Crippen LogP contribution in [0, 0.1) is 5.92 Å². The molecule has 4 heteroatoms. The van der Waals surface area contributed by atoms with Gasteiger partial charge in [0.25, 0.3) is 0 Å². The lowest BCUT2D eigenvalue weighted by Crippen LogP contribution is -2.31. The molecule has 0 atom stereocenters. The van der Waals surface area contributed by atoms with Crippen molar-refractivity contribution in [3.8, 4) is 5.75 Å². The molecule has 0 heterocycles. The van der Waals surface area contributed by atoms with Crippen LogP contribution in [0.15, 0.2) is 27.7 Å². The Morgan fingerprint density at radius 1 is 1.37 bits per heavy atom. The van der Waals surface area contributed by atoms with E-state index in [1.54, 1.807) is 6.08 Å². The quantitative estimate of drug-likeness (QED) is 0.608. The Hall–Kier alpha value is -1.12. The Kier molecular flexibility index (Phi) is 3.46. The van der Waals surface area contributed by atoms with Gasteiger partial charge in [-0.25, -0.2) is 4.79 Å². The highest BCUT2D eigenvalue weighted by atomic mass is 79.9. The van der Waals surface area contributed by atoms with Gasteiger partial charge in [0, 0.05) is 4.47 Å². The van der Waals surface area contributed by atoms with Crippen LogP contribution in [-0.4, -0.2) is 12.7 Å². The van der Waals surface area contributed by atoms with Gasteiger partial charge >= 0.3 is 0 Å². The first-order valence-electron chi connectivity index (χ1n) is 6.75. The van der Waals surface area contributed by atoms with Crippen molar-refractivity contribution in [2.45, 2.75) is 37.6 Å². The molecule has 2 aliphatic carbocycles. The summed E-state index contributed by atoms with van der Waals surface area (Å²) in [5, 5.41) is 0. The van der Waals surface area contributed by atoms with E-state index in [0.29, 0.717) is 0 Å². The fraction of sp³-hybridized carbons (Fsp3) is 0.533. The van der Waals surface area contributed by atoms with E-state index in [1.165, 1.54) is 12.8 Å². The van der Waals surface area contributed by atoms with Gasteiger partial charge in [-0.3, -0.25) is 0 Å². The van der Waals surface area contributed by atoms with Crippen LogP contribution in [0.4, 0.5) is 0 Å². The number of carbonyl (C=O) groups excluding carboxylic acids is 1. The van der Waals surface area contributed by atoms with Crippen molar-refractivity contribution in [2.24, 2.45) is 10.9 Å². The Labute approximate surface area is 121 Å². The zero-order valence-electron chi connectivity index (χ0n) is 10.7. The molecule has 0 unspecified atom stereocenters. The van der Waals surface area contributed by atoms with E-state index in [-0.39, 0.29) is 5.54 Å². The van der Waals surface area contributed by atoms with E-state index < -0.39 is 0 Å². The van der Waals surface area contributed by atoms with Crippen LogP contribution < -0.4 is 4.74 Å². The molecule has 0 aromatic heterocycles. The van der Waals surface area contributed by atoms with Gasteiger partial charge in [-0.15, -0.1) is 0 Å². The van der Waals surface area contributed by atoms with Gasteiger partial charge in [-0.05, 0) is 61.8 Å². The van der Waals surface area contributed by atoms with Gasteiger partial charge in [0.05, 0.1) is 12.1 Å². The minimum atomic E-state index is -0.358. The van der Waals surface area contributed by atoms with E-state index in [4.69, 9.17) is 4.74 Å². The maximum Gasteiger partial charge on any atom is 0.235 e. The van der Waals surface area contributed by atoms with Crippen molar-refractivity contribution in [2.75, 3.05) is 6.61 Å². The maximum atomic E-state index is 10.6. The number of isocyanates is 1. The third-order valence-corrected chi connectivity index (χ3v) is 4.49. The summed E-state index contributed by atoms with van der Waals surface area (Å²) >= 11 is 3.51. The first-order valence-corrected chi connectivity index (χ1v) is 7.54. The largest absolute Gasteiger partial charge is 0.493 e. The van der Waals surface area contributed by atoms with Gasteiger partial charge in [0.2, 0.25) is 6.08 Å². The van der Waals surface area contributed by atoms with E-state index in [2.05, 4.69) is 20.9 Å². The van der Waals surface area contributed by atoms with E-state index >= 15 is 0 Å². The third-order valence-electron chi connectivity index (χ3n) is 4.03. The van der Waals surface area contributed by atoms with Gasteiger partial charge < -0.3 is 4.74 Å². The molecule has 2 saturated carbocycles. The molecule has 0 bridgehead atoms. The minimum Gasteiger partial charge on any atom is -0.493 e. The molecule has 19 heavy (non-hydrogen) atoms. The van der Waals surface area contributed by atoms with Crippen LogP contribution in [0.5, 0.6) is 5.75 Å². The van der Waals surface area contributed by atoms with E-state index in [0.717, 1.165) is 47.6 Å². The lowest BCUT2D eigenvalue weighted by Gasteiger charge is -2.37. The highest BCUT2D eigenvalue weighted by Crippen LogP contribution is 2.46. The van der Waals surface area contributed by atoms with Gasteiger partial charge in [-0.2, -0.15) is 4.99 Å². The highest BCUT2D eigenvalue weighted by molar-refractivity contribution is 9.10. The van der Waals surface area contributed by atoms with Crippen molar-refractivity contribution >= 4 is 22.0 Å². The fourth-order valence-corrected chi connectivity index (χ4v) is 2.95. The molecule has 2 aliphatic rings. The number of rotatable bonds is 5. The van der Waals surface area contributed by atoms with Crippen molar-refractivity contribution in [3.05, 3.63) is 28.2 Å². The van der Waals surface area contributed by atoms with Crippen LogP contribution in [0.1, 0.15) is 37.7 Å². The van der Waals surface area contributed by atoms with Gasteiger partial charge in [-0.1, -0.05) is 15.9 Å². The lowest BCUT2D eigenvalue weighted by atomic mass is 9.72. The Bertz CT molecular complexity index is 529. The molecule has 1 aromatic carbocycles. The number of nitrogens with zero attached hydrogens (tertiary/aromatic N) is 1. The zero-order chi connectivity index (χ0) is 13.3. The molecule has 0 saturated heterocycles. The smallest absolute Gasteiger partial charge is 0.235 e. The fourth-order valence-electron chi connectivity index (χ4n) is 2.48. The van der Waals surface area contributed by atoms with E-state index in [1.807, 2.05) is 18.2 Å². The summed E-state index contributed by atoms with van der Waals surface area (Å²) in [4.78, 5) is 14.7. The molecular formula is C15H16BrNO2. The highest BCUT2D eigenvalue weighted by Gasteiger charge is 2.39. The predicted molar refractivity (Wildman–Crippen MR) is 76.0 cm³/mol.